The summed E-state index contributed by atoms with van der Waals surface area (Å²) < 4.78 is 5.11. The topological polar surface area (TPSA) is 114 Å². The molecule has 2 aromatic rings. The zero-order valence-electron chi connectivity index (χ0n) is 18.7. The molecule has 1 fully saturated rings. The number of nitro benzene ring substituents is 1. The van der Waals surface area contributed by atoms with Crippen molar-refractivity contribution in [2.75, 3.05) is 25.6 Å². The Morgan fingerprint density at radius 2 is 2.03 bits per heavy atom. The predicted molar refractivity (Wildman–Crippen MR) is 129 cm³/mol. The first kappa shape index (κ1) is 24.4. The lowest BCUT2D eigenvalue weighted by molar-refractivity contribution is -0.384. The van der Waals surface area contributed by atoms with Gasteiger partial charge >= 0.3 is 0 Å². The molecule has 1 atom stereocenters. The predicted octanol–water partition coefficient (Wildman–Crippen LogP) is 4.21. The Morgan fingerprint density at radius 3 is 2.73 bits per heavy atom. The number of amides is 2. The fraction of sp³-hybridized carbons (Fsp3) is 0.348. The molecule has 1 heterocycles. The maximum absolute atomic E-state index is 13.1. The van der Waals surface area contributed by atoms with Gasteiger partial charge in [-0.2, -0.15) is 0 Å². The molecule has 33 heavy (non-hydrogen) atoms. The van der Waals surface area contributed by atoms with Crippen molar-refractivity contribution in [2.24, 2.45) is 4.99 Å². The van der Waals surface area contributed by atoms with Crippen LogP contribution in [0.5, 0.6) is 0 Å². The zero-order valence-corrected chi connectivity index (χ0v) is 19.6. The molecule has 0 bridgehead atoms. The van der Waals surface area contributed by atoms with Crippen molar-refractivity contribution in [1.82, 2.24) is 4.90 Å². The lowest BCUT2D eigenvalue weighted by atomic mass is 10.1. The third-order valence-corrected chi connectivity index (χ3v) is 6.35. The second-order valence-corrected chi connectivity index (χ2v) is 8.84. The maximum atomic E-state index is 13.1. The van der Waals surface area contributed by atoms with Gasteiger partial charge in [-0.25, -0.2) is 4.99 Å². The van der Waals surface area contributed by atoms with Gasteiger partial charge in [0.15, 0.2) is 5.17 Å². The molecule has 1 aliphatic heterocycles. The van der Waals surface area contributed by atoms with Crippen molar-refractivity contribution >= 4 is 45.8 Å². The number of non-ortho nitro benzene ring substituents is 1. The molecule has 9 nitrogen and oxygen atoms in total. The molecule has 0 aliphatic carbocycles. The lowest BCUT2D eigenvalue weighted by Gasteiger charge is -2.16. The zero-order chi connectivity index (χ0) is 24.0. The van der Waals surface area contributed by atoms with Crippen LogP contribution in [0.4, 0.5) is 17.1 Å². The Hall–Kier alpha value is -3.24. The summed E-state index contributed by atoms with van der Waals surface area (Å²) in [5.41, 5.74) is 3.19. The van der Waals surface area contributed by atoms with Gasteiger partial charge in [0.2, 0.25) is 11.8 Å². The molecule has 3 rings (SSSR count). The van der Waals surface area contributed by atoms with Crippen molar-refractivity contribution in [3.63, 3.8) is 0 Å². The van der Waals surface area contributed by atoms with Crippen LogP contribution in [0.3, 0.4) is 0 Å². The number of anilines is 1. The van der Waals surface area contributed by atoms with Gasteiger partial charge in [-0.3, -0.25) is 24.6 Å². The van der Waals surface area contributed by atoms with Crippen molar-refractivity contribution in [1.29, 1.82) is 0 Å². The van der Waals surface area contributed by atoms with Gasteiger partial charge in [-0.15, -0.1) is 0 Å². The van der Waals surface area contributed by atoms with E-state index in [1.165, 1.54) is 30.0 Å². The number of hydrogen-bond donors (Lipinski definition) is 1. The number of nitro groups is 1. The molecule has 0 radical (unpaired) electrons. The lowest BCUT2D eigenvalue weighted by Crippen LogP contribution is -2.34. The number of ether oxygens (including phenoxy) is 1. The van der Waals surface area contributed by atoms with Gasteiger partial charge in [0.25, 0.3) is 5.69 Å². The Balaban J connectivity index is 1.75. The molecule has 0 aromatic heterocycles. The van der Waals surface area contributed by atoms with Crippen LogP contribution < -0.4 is 5.32 Å². The average Bonchev–Trinajstić information content (AvgIpc) is 3.05. The first-order chi connectivity index (χ1) is 15.8. The summed E-state index contributed by atoms with van der Waals surface area (Å²) in [4.78, 5) is 42.4. The van der Waals surface area contributed by atoms with Crippen LogP contribution in [0.25, 0.3) is 0 Å². The average molecular weight is 471 g/mol. The standard InChI is InChI=1S/C23H26N4O5S/c1-15-8-9-18(12-16(15)2)25-23-26(10-5-11-32-3)22(29)20(33-23)14-21(28)24-17-6-4-7-19(13-17)27(30)31/h4,6-9,12-13,20H,5,10-11,14H2,1-3H3,(H,24,28)/t20-/m0/s1. The number of nitrogens with one attached hydrogen (secondary N) is 1. The number of benzene rings is 2. The van der Waals surface area contributed by atoms with Crippen LogP contribution in [0, 0.1) is 24.0 Å². The van der Waals surface area contributed by atoms with Gasteiger partial charge < -0.3 is 10.1 Å². The molecule has 2 amide bonds. The van der Waals surface area contributed by atoms with Gasteiger partial charge in [-0.1, -0.05) is 23.9 Å². The van der Waals surface area contributed by atoms with Crippen molar-refractivity contribution in [3.05, 3.63) is 63.7 Å². The van der Waals surface area contributed by atoms with E-state index >= 15 is 0 Å². The van der Waals surface area contributed by atoms with Crippen LogP contribution in [-0.4, -0.2) is 52.3 Å². The number of carbonyl (C=O) groups excluding carboxylic acids is 2. The van der Waals surface area contributed by atoms with Crippen LogP contribution in [0.15, 0.2) is 47.5 Å². The van der Waals surface area contributed by atoms with E-state index in [4.69, 9.17) is 4.74 Å². The number of nitrogens with zero attached hydrogens (tertiary/aromatic N) is 3. The van der Waals surface area contributed by atoms with E-state index in [9.17, 15) is 19.7 Å². The summed E-state index contributed by atoms with van der Waals surface area (Å²) in [5, 5.41) is 13.5. The molecular formula is C23H26N4O5S. The largest absolute Gasteiger partial charge is 0.385 e. The monoisotopic (exact) mass is 470 g/mol. The van der Waals surface area contributed by atoms with E-state index in [-0.39, 0.29) is 18.0 Å². The molecule has 1 aliphatic rings. The first-order valence-electron chi connectivity index (χ1n) is 10.5. The Morgan fingerprint density at radius 1 is 1.24 bits per heavy atom. The molecule has 0 spiro atoms. The van der Waals surface area contributed by atoms with E-state index in [1.54, 1.807) is 18.1 Å². The smallest absolute Gasteiger partial charge is 0.271 e. The minimum atomic E-state index is -0.628. The molecule has 10 heteroatoms. The van der Waals surface area contributed by atoms with Crippen LogP contribution in [-0.2, 0) is 14.3 Å². The Kier molecular flexibility index (Phi) is 8.18. The van der Waals surface area contributed by atoms with Gasteiger partial charge in [0, 0.05) is 44.5 Å². The molecule has 1 saturated heterocycles. The third kappa shape index (κ3) is 6.39. The number of carbonyl (C=O) groups is 2. The summed E-state index contributed by atoms with van der Waals surface area (Å²) in [5.74, 6) is -0.585. The summed E-state index contributed by atoms with van der Waals surface area (Å²) in [6, 6.07) is 11.5. The number of methoxy groups -OCH3 is 1. The van der Waals surface area contributed by atoms with Gasteiger partial charge in [0.05, 0.1) is 10.6 Å². The highest BCUT2D eigenvalue weighted by Gasteiger charge is 2.39. The first-order valence-corrected chi connectivity index (χ1v) is 11.3. The minimum absolute atomic E-state index is 0.0705. The van der Waals surface area contributed by atoms with Crippen LogP contribution in [0.2, 0.25) is 0 Å². The van der Waals surface area contributed by atoms with Crippen molar-refractivity contribution in [2.45, 2.75) is 31.9 Å². The van der Waals surface area contributed by atoms with Crippen molar-refractivity contribution in [3.8, 4) is 0 Å². The second-order valence-electron chi connectivity index (χ2n) is 7.67. The Bertz CT molecular complexity index is 1090. The van der Waals surface area contributed by atoms with Gasteiger partial charge in [-0.05, 0) is 49.6 Å². The van der Waals surface area contributed by atoms with E-state index < -0.39 is 16.1 Å². The normalized spacial score (nSPS) is 16.9. The maximum Gasteiger partial charge on any atom is 0.271 e. The number of amidine groups is 1. The molecule has 0 saturated carbocycles. The van der Waals surface area contributed by atoms with E-state index in [2.05, 4.69) is 10.3 Å². The highest BCUT2D eigenvalue weighted by molar-refractivity contribution is 8.15. The highest BCUT2D eigenvalue weighted by Crippen LogP contribution is 2.32. The number of hydrogen-bond acceptors (Lipinski definition) is 7. The fourth-order valence-corrected chi connectivity index (χ4v) is 4.46. The molecule has 2 aromatic carbocycles. The van der Waals surface area contributed by atoms with Crippen LogP contribution in [0.1, 0.15) is 24.0 Å². The van der Waals surface area contributed by atoms with Gasteiger partial charge in [0.1, 0.15) is 5.25 Å². The number of aliphatic imine (C=N–C) groups is 1. The third-order valence-electron chi connectivity index (χ3n) is 5.18. The van der Waals surface area contributed by atoms with E-state index in [0.717, 1.165) is 16.8 Å². The fourth-order valence-electron chi connectivity index (χ4n) is 3.28. The van der Waals surface area contributed by atoms with Crippen molar-refractivity contribution < 1.29 is 19.2 Å². The summed E-state index contributed by atoms with van der Waals surface area (Å²) >= 11 is 1.25. The van der Waals surface area contributed by atoms with E-state index in [0.29, 0.717) is 30.4 Å². The number of aryl methyl sites for hydroxylation is 2. The molecular weight excluding hydrogens is 444 g/mol. The number of thioether (sulfide) groups is 1. The number of rotatable bonds is 9. The SMILES string of the molecule is COCCCN1C(=O)[C@H](CC(=O)Nc2cccc([N+](=O)[O-])c2)SC1=Nc1ccc(C)c(C)c1. The summed E-state index contributed by atoms with van der Waals surface area (Å²) in [7, 11) is 1.60. The minimum Gasteiger partial charge on any atom is -0.385 e. The second kappa shape index (κ2) is 11.1. The highest BCUT2D eigenvalue weighted by atomic mass is 32.2. The molecule has 174 valence electrons. The van der Waals surface area contributed by atoms with Crippen LogP contribution >= 0.6 is 11.8 Å². The molecule has 0 unspecified atom stereocenters. The molecule has 1 N–H and O–H groups in total. The summed E-state index contributed by atoms with van der Waals surface area (Å²) in [6.45, 7) is 4.96. The summed E-state index contributed by atoms with van der Waals surface area (Å²) in [6.07, 6.45) is 0.570. The van der Waals surface area contributed by atoms with E-state index in [1.807, 2.05) is 32.0 Å². The Labute approximate surface area is 196 Å². The quantitative estimate of drug-likeness (QED) is 0.334.